The lowest BCUT2D eigenvalue weighted by Gasteiger charge is -2.33. The van der Waals surface area contributed by atoms with Crippen LogP contribution in [0.25, 0.3) is 0 Å². The van der Waals surface area contributed by atoms with Crippen molar-refractivity contribution in [3.63, 3.8) is 0 Å². The molecule has 1 unspecified atom stereocenters. The van der Waals surface area contributed by atoms with Gasteiger partial charge in [0.05, 0.1) is 29.0 Å². The van der Waals surface area contributed by atoms with E-state index in [-0.39, 0.29) is 28.3 Å². The number of nitrogens with zero attached hydrogens (tertiary/aromatic N) is 3. The zero-order chi connectivity index (χ0) is 22.2. The minimum absolute atomic E-state index is 0.0598. The summed E-state index contributed by atoms with van der Waals surface area (Å²) >= 11 is 12.5. The van der Waals surface area contributed by atoms with Crippen LogP contribution in [0.2, 0.25) is 10.0 Å². The van der Waals surface area contributed by atoms with Crippen molar-refractivity contribution in [3.05, 3.63) is 46.1 Å². The molecule has 4 rings (SSSR count). The van der Waals surface area contributed by atoms with E-state index in [1.807, 2.05) is 19.1 Å². The molecule has 1 amide bonds. The Bertz CT molecular complexity index is 1110. The van der Waals surface area contributed by atoms with Crippen LogP contribution in [0.5, 0.6) is 0 Å². The van der Waals surface area contributed by atoms with Crippen LogP contribution < -0.4 is 14.5 Å². The normalized spacial score (nSPS) is 20.7. The van der Waals surface area contributed by atoms with Crippen molar-refractivity contribution in [2.45, 2.75) is 19.4 Å². The van der Waals surface area contributed by atoms with Crippen LogP contribution >= 0.6 is 23.2 Å². The van der Waals surface area contributed by atoms with Gasteiger partial charge in [0.25, 0.3) is 5.91 Å². The molecule has 0 radical (unpaired) electrons. The van der Waals surface area contributed by atoms with Crippen LogP contribution in [0, 0.1) is 0 Å². The van der Waals surface area contributed by atoms with Crippen molar-refractivity contribution < 1.29 is 17.9 Å². The molecule has 2 aliphatic rings. The summed E-state index contributed by atoms with van der Waals surface area (Å²) in [5.74, 6) is -0.237. The molecule has 1 N–H and O–H groups in total. The highest BCUT2D eigenvalue weighted by atomic mass is 35.5. The molecule has 1 aromatic carbocycles. The standard InChI is InChI=1S/C20H22Cl2N4O4S/c1-13-12-25(4-5-30-13)16-8-14(21)7-15(9-16)24-20(27)17-10-19(23-11-18(17)22)26-3-2-6-31(26,28)29/h7-11,13H,2-6,12H2,1H3,(H,24,27). The highest BCUT2D eigenvalue weighted by Crippen LogP contribution is 2.29. The van der Waals surface area contributed by atoms with Crippen LogP contribution in [0.15, 0.2) is 30.5 Å². The van der Waals surface area contributed by atoms with E-state index in [1.165, 1.54) is 16.6 Å². The number of hydrogen-bond acceptors (Lipinski definition) is 6. The van der Waals surface area contributed by atoms with Gasteiger partial charge in [0.15, 0.2) is 0 Å². The molecule has 1 atom stereocenters. The van der Waals surface area contributed by atoms with E-state index in [0.29, 0.717) is 30.3 Å². The highest BCUT2D eigenvalue weighted by Gasteiger charge is 2.30. The maximum absolute atomic E-state index is 12.9. The van der Waals surface area contributed by atoms with Crippen LogP contribution in [-0.4, -0.2) is 57.4 Å². The number of rotatable bonds is 4. The number of aromatic nitrogens is 1. The van der Waals surface area contributed by atoms with E-state index in [4.69, 9.17) is 27.9 Å². The predicted octanol–water partition coefficient (Wildman–Crippen LogP) is 3.41. The monoisotopic (exact) mass is 484 g/mol. The van der Waals surface area contributed by atoms with Gasteiger partial charge in [-0.05, 0) is 37.6 Å². The molecule has 2 aliphatic heterocycles. The van der Waals surface area contributed by atoms with Crippen molar-refractivity contribution in [1.82, 2.24) is 4.98 Å². The molecule has 166 valence electrons. The summed E-state index contributed by atoms with van der Waals surface area (Å²) in [6.45, 7) is 4.39. The molecule has 11 heteroatoms. The number of pyridine rings is 1. The first-order valence-corrected chi connectivity index (χ1v) is 12.2. The molecule has 31 heavy (non-hydrogen) atoms. The Labute approximate surface area is 191 Å². The molecule has 8 nitrogen and oxygen atoms in total. The van der Waals surface area contributed by atoms with Crippen LogP contribution in [0.4, 0.5) is 17.2 Å². The van der Waals surface area contributed by atoms with Gasteiger partial charge in [-0.25, -0.2) is 13.4 Å². The number of carbonyl (C=O) groups is 1. The topological polar surface area (TPSA) is 91.8 Å². The van der Waals surface area contributed by atoms with E-state index in [9.17, 15) is 13.2 Å². The number of amides is 1. The van der Waals surface area contributed by atoms with Crippen LogP contribution in [0.1, 0.15) is 23.7 Å². The van der Waals surface area contributed by atoms with Crippen molar-refractivity contribution in [1.29, 1.82) is 0 Å². The molecule has 2 aromatic rings. The van der Waals surface area contributed by atoms with Gasteiger partial charge in [-0.3, -0.25) is 9.10 Å². The SMILES string of the molecule is CC1CN(c2cc(Cl)cc(NC(=O)c3cc(N4CCCS4(=O)=O)ncc3Cl)c2)CCO1. The molecular formula is C20H22Cl2N4O4S. The van der Waals surface area contributed by atoms with E-state index in [0.717, 1.165) is 18.8 Å². The van der Waals surface area contributed by atoms with Gasteiger partial charge < -0.3 is 15.0 Å². The Morgan fingerprint density at radius 1 is 1.23 bits per heavy atom. The van der Waals surface area contributed by atoms with Crippen molar-refractivity contribution in [2.75, 3.05) is 46.5 Å². The lowest BCUT2D eigenvalue weighted by Crippen LogP contribution is -2.41. The van der Waals surface area contributed by atoms with Gasteiger partial charge in [-0.15, -0.1) is 0 Å². The van der Waals surface area contributed by atoms with Gasteiger partial charge in [0, 0.05) is 42.2 Å². The summed E-state index contributed by atoms with van der Waals surface area (Å²) in [5.41, 5.74) is 1.52. The fourth-order valence-electron chi connectivity index (χ4n) is 3.72. The first-order valence-electron chi connectivity index (χ1n) is 9.87. The molecule has 0 bridgehead atoms. The maximum Gasteiger partial charge on any atom is 0.257 e. The number of nitrogens with one attached hydrogen (secondary N) is 1. The minimum atomic E-state index is -3.42. The van der Waals surface area contributed by atoms with Crippen LogP contribution in [0.3, 0.4) is 0 Å². The predicted molar refractivity (Wildman–Crippen MR) is 122 cm³/mol. The summed E-state index contributed by atoms with van der Waals surface area (Å²) in [6, 6.07) is 6.72. The molecule has 1 aromatic heterocycles. The zero-order valence-electron chi connectivity index (χ0n) is 16.8. The van der Waals surface area contributed by atoms with Gasteiger partial charge in [0.2, 0.25) is 10.0 Å². The third kappa shape index (κ3) is 4.90. The molecule has 0 spiro atoms. The summed E-state index contributed by atoms with van der Waals surface area (Å²) in [6.07, 6.45) is 1.90. The van der Waals surface area contributed by atoms with E-state index < -0.39 is 15.9 Å². The van der Waals surface area contributed by atoms with Gasteiger partial charge in [-0.2, -0.15) is 0 Å². The largest absolute Gasteiger partial charge is 0.375 e. The molecule has 3 heterocycles. The first-order chi connectivity index (χ1) is 14.7. The smallest absolute Gasteiger partial charge is 0.257 e. The second-order valence-electron chi connectivity index (χ2n) is 7.54. The number of sulfonamides is 1. The van der Waals surface area contributed by atoms with E-state index in [2.05, 4.69) is 15.2 Å². The Kier molecular flexibility index (Phi) is 6.30. The van der Waals surface area contributed by atoms with E-state index >= 15 is 0 Å². The third-order valence-electron chi connectivity index (χ3n) is 5.19. The lowest BCUT2D eigenvalue weighted by atomic mass is 10.2. The zero-order valence-corrected chi connectivity index (χ0v) is 19.2. The second-order valence-corrected chi connectivity index (χ2v) is 10.4. The summed E-state index contributed by atoms with van der Waals surface area (Å²) in [4.78, 5) is 19.2. The second kappa shape index (κ2) is 8.82. The number of morpholine rings is 1. The molecular weight excluding hydrogens is 463 g/mol. The van der Waals surface area contributed by atoms with Gasteiger partial charge in [-0.1, -0.05) is 23.2 Å². The maximum atomic E-state index is 12.9. The van der Waals surface area contributed by atoms with Crippen LogP contribution in [-0.2, 0) is 14.8 Å². The lowest BCUT2D eigenvalue weighted by molar-refractivity contribution is 0.0532. The number of benzene rings is 1. The number of halogens is 2. The summed E-state index contributed by atoms with van der Waals surface area (Å²) in [7, 11) is -3.42. The molecule has 2 saturated heterocycles. The Morgan fingerprint density at radius 3 is 2.74 bits per heavy atom. The summed E-state index contributed by atoms with van der Waals surface area (Å²) in [5, 5.41) is 3.42. The Morgan fingerprint density at radius 2 is 2.03 bits per heavy atom. The number of anilines is 3. The van der Waals surface area contributed by atoms with Gasteiger partial charge in [0.1, 0.15) is 5.82 Å². The minimum Gasteiger partial charge on any atom is -0.375 e. The number of ether oxygens (including phenoxy) is 1. The average Bonchev–Trinajstić information content (AvgIpc) is 3.07. The number of hydrogen-bond donors (Lipinski definition) is 1. The average molecular weight is 485 g/mol. The molecule has 0 saturated carbocycles. The highest BCUT2D eigenvalue weighted by molar-refractivity contribution is 7.93. The Balaban J connectivity index is 1.58. The first kappa shape index (κ1) is 22.1. The van der Waals surface area contributed by atoms with Crippen molar-refractivity contribution in [3.8, 4) is 0 Å². The summed E-state index contributed by atoms with van der Waals surface area (Å²) < 4.78 is 31.2. The fraction of sp³-hybridized carbons (Fsp3) is 0.400. The molecule has 2 fully saturated rings. The van der Waals surface area contributed by atoms with Crippen molar-refractivity contribution >= 4 is 56.3 Å². The quantitative estimate of drug-likeness (QED) is 0.714. The fourth-order valence-corrected chi connectivity index (χ4v) is 5.64. The van der Waals surface area contributed by atoms with E-state index in [1.54, 1.807) is 6.07 Å². The van der Waals surface area contributed by atoms with Gasteiger partial charge >= 0.3 is 0 Å². The van der Waals surface area contributed by atoms with Crippen molar-refractivity contribution in [2.24, 2.45) is 0 Å². The third-order valence-corrected chi connectivity index (χ3v) is 7.55. The molecule has 0 aliphatic carbocycles. The Hall–Kier alpha value is -2.07. The number of carbonyl (C=O) groups excluding carboxylic acids is 1.